The van der Waals surface area contributed by atoms with E-state index in [1.54, 1.807) is 12.1 Å². The molecule has 0 aliphatic rings. The summed E-state index contributed by atoms with van der Waals surface area (Å²) in [6, 6.07) is 24.5. The van der Waals surface area contributed by atoms with Crippen molar-refractivity contribution >= 4 is 11.6 Å². The van der Waals surface area contributed by atoms with Crippen LogP contribution in [0.5, 0.6) is 11.5 Å². The summed E-state index contributed by atoms with van der Waals surface area (Å²) in [4.78, 5) is 12.7. The van der Waals surface area contributed by atoms with Crippen LogP contribution in [-0.4, -0.2) is 12.5 Å². The zero-order chi connectivity index (χ0) is 18.9. The molecule has 0 saturated carbocycles. The van der Waals surface area contributed by atoms with E-state index in [0.29, 0.717) is 30.2 Å². The molecular weight excluding hydrogens is 338 g/mol. The normalized spacial score (nSPS) is 10.3. The van der Waals surface area contributed by atoms with Gasteiger partial charge >= 0.3 is 0 Å². The molecule has 1 amide bonds. The molecule has 0 aliphatic heterocycles. The molecule has 0 heterocycles. The molecule has 0 fully saturated rings. The maximum atomic E-state index is 12.7. The second-order valence-electron chi connectivity index (χ2n) is 6.10. The van der Waals surface area contributed by atoms with Crippen LogP contribution in [0.25, 0.3) is 0 Å². The van der Waals surface area contributed by atoms with Crippen LogP contribution < -0.4 is 14.8 Å². The highest BCUT2D eigenvalue weighted by atomic mass is 16.5. The smallest absolute Gasteiger partial charge is 0.259 e. The topological polar surface area (TPSA) is 47.6 Å². The third kappa shape index (κ3) is 5.35. The first-order chi connectivity index (χ1) is 13.3. The molecule has 27 heavy (non-hydrogen) atoms. The van der Waals surface area contributed by atoms with Gasteiger partial charge in [0.15, 0.2) is 0 Å². The molecular formula is C23H23NO3. The van der Waals surface area contributed by atoms with Crippen LogP contribution in [0.4, 0.5) is 5.69 Å². The molecule has 0 unspecified atom stereocenters. The molecule has 0 aromatic heterocycles. The third-order valence-electron chi connectivity index (χ3n) is 3.93. The summed E-state index contributed by atoms with van der Waals surface area (Å²) in [5.74, 6) is 1.08. The minimum Gasteiger partial charge on any atom is -0.494 e. The van der Waals surface area contributed by atoms with E-state index in [1.165, 1.54) is 0 Å². The molecule has 3 aromatic carbocycles. The van der Waals surface area contributed by atoms with Crippen molar-refractivity contribution in [1.29, 1.82) is 0 Å². The molecule has 0 saturated heterocycles. The average Bonchev–Trinajstić information content (AvgIpc) is 2.72. The zero-order valence-corrected chi connectivity index (χ0v) is 15.4. The van der Waals surface area contributed by atoms with Crippen molar-refractivity contribution in [2.24, 2.45) is 0 Å². The van der Waals surface area contributed by atoms with Gasteiger partial charge in [0.25, 0.3) is 5.91 Å². The maximum absolute atomic E-state index is 12.7. The first-order valence-corrected chi connectivity index (χ1v) is 9.06. The number of anilines is 1. The quantitative estimate of drug-likeness (QED) is 0.592. The van der Waals surface area contributed by atoms with Crippen molar-refractivity contribution in [1.82, 2.24) is 0 Å². The van der Waals surface area contributed by atoms with Gasteiger partial charge in [-0.3, -0.25) is 4.79 Å². The number of hydrogen-bond donors (Lipinski definition) is 1. The van der Waals surface area contributed by atoms with Gasteiger partial charge in [0.2, 0.25) is 0 Å². The number of carbonyl (C=O) groups excluding carboxylic acids is 1. The predicted molar refractivity (Wildman–Crippen MR) is 107 cm³/mol. The second-order valence-corrected chi connectivity index (χ2v) is 6.10. The van der Waals surface area contributed by atoms with Crippen LogP contribution in [0.3, 0.4) is 0 Å². The van der Waals surface area contributed by atoms with E-state index < -0.39 is 0 Å². The Morgan fingerprint density at radius 3 is 2.48 bits per heavy atom. The van der Waals surface area contributed by atoms with Gasteiger partial charge in [0.1, 0.15) is 18.1 Å². The van der Waals surface area contributed by atoms with Gasteiger partial charge in [-0.1, -0.05) is 55.5 Å². The number of para-hydroxylation sites is 1. The molecule has 4 heteroatoms. The van der Waals surface area contributed by atoms with Crippen LogP contribution in [0.15, 0.2) is 78.9 Å². The van der Waals surface area contributed by atoms with Crippen molar-refractivity contribution in [3.63, 3.8) is 0 Å². The van der Waals surface area contributed by atoms with Crippen molar-refractivity contribution < 1.29 is 14.3 Å². The lowest BCUT2D eigenvalue weighted by Gasteiger charge is -2.12. The minimum absolute atomic E-state index is 0.216. The van der Waals surface area contributed by atoms with Crippen LogP contribution in [0.2, 0.25) is 0 Å². The first kappa shape index (κ1) is 18.5. The number of carbonyl (C=O) groups is 1. The fourth-order valence-corrected chi connectivity index (χ4v) is 2.60. The average molecular weight is 361 g/mol. The first-order valence-electron chi connectivity index (χ1n) is 9.06. The van der Waals surface area contributed by atoms with Crippen LogP contribution in [0, 0.1) is 0 Å². The molecule has 3 rings (SSSR count). The van der Waals surface area contributed by atoms with E-state index in [2.05, 4.69) is 12.2 Å². The summed E-state index contributed by atoms with van der Waals surface area (Å²) in [5.41, 5.74) is 2.23. The Morgan fingerprint density at radius 2 is 1.67 bits per heavy atom. The summed E-state index contributed by atoms with van der Waals surface area (Å²) >= 11 is 0. The van der Waals surface area contributed by atoms with Crippen molar-refractivity contribution in [3.05, 3.63) is 90.0 Å². The van der Waals surface area contributed by atoms with Gasteiger partial charge in [-0.25, -0.2) is 0 Å². The molecule has 138 valence electrons. The van der Waals surface area contributed by atoms with E-state index in [4.69, 9.17) is 9.47 Å². The highest BCUT2D eigenvalue weighted by molar-refractivity contribution is 6.06. The lowest BCUT2D eigenvalue weighted by atomic mass is 10.1. The number of rotatable bonds is 8. The van der Waals surface area contributed by atoms with E-state index >= 15 is 0 Å². The molecule has 0 aliphatic carbocycles. The Kier molecular flexibility index (Phi) is 6.47. The SMILES string of the molecule is CCCOc1cccc(NC(=O)c2ccccc2OCc2ccccc2)c1. The minimum atomic E-state index is -0.216. The van der Waals surface area contributed by atoms with E-state index in [-0.39, 0.29) is 5.91 Å². The monoisotopic (exact) mass is 361 g/mol. The number of amides is 1. The summed E-state index contributed by atoms with van der Waals surface area (Å²) < 4.78 is 11.5. The zero-order valence-electron chi connectivity index (χ0n) is 15.4. The molecule has 0 spiro atoms. The maximum Gasteiger partial charge on any atom is 0.259 e. The Bertz CT molecular complexity index is 878. The van der Waals surface area contributed by atoms with Gasteiger partial charge in [-0.15, -0.1) is 0 Å². The van der Waals surface area contributed by atoms with E-state index in [1.807, 2.05) is 66.7 Å². The van der Waals surface area contributed by atoms with Gasteiger partial charge in [0, 0.05) is 11.8 Å². The highest BCUT2D eigenvalue weighted by Gasteiger charge is 2.13. The van der Waals surface area contributed by atoms with Crippen molar-refractivity contribution in [2.75, 3.05) is 11.9 Å². The van der Waals surface area contributed by atoms with Gasteiger partial charge in [-0.2, -0.15) is 0 Å². The molecule has 0 bridgehead atoms. The fourth-order valence-electron chi connectivity index (χ4n) is 2.60. The number of hydrogen-bond acceptors (Lipinski definition) is 3. The van der Waals surface area contributed by atoms with E-state index in [9.17, 15) is 4.79 Å². The second kappa shape index (κ2) is 9.43. The third-order valence-corrected chi connectivity index (χ3v) is 3.93. The fraction of sp³-hybridized carbons (Fsp3) is 0.174. The lowest BCUT2D eigenvalue weighted by Crippen LogP contribution is -2.13. The Morgan fingerprint density at radius 1 is 0.889 bits per heavy atom. The standard InChI is InChI=1S/C23H23NO3/c1-2-15-26-20-12-8-11-19(16-20)24-23(25)21-13-6-7-14-22(21)27-17-18-9-4-3-5-10-18/h3-14,16H,2,15,17H2,1H3,(H,24,25). The van der Waals surface area contributed by atoms with Crippen molar-refractivity contribution in [3.8, 4) is 11.5 Å². The van der Waals surface area contributed by atoms with E-state index in [0.717, 1.165) is 17.7 Å². The van der Waals surface area contributed by atoms with Gasteiger partial charge in [-0.05, 0) is 36.2 Å². The largest absolute Gasteiger partial charge is 0.494 e. The molecule has 1 N–H and O–H groups in total. The number of ether oxygens (including phenoxy) is 2. The summed E-state index contributed by atoms with van der Waals surface area (Å²) in [5, 5.41) is 2.91. The summed E-state index contributed by atoms with van der Waals surface area (Å²) in [7, 11) is 0. The molecule has 3 aromatic rings. The summed E-state index contributed by atoms with van der Waals surface area (Å²) in [6.45, 7) is 3.11. The van der Waals surface area contributed by atoms with Gasteiger partial charge < -0.3 is 14.8 Å². The van der Waals surface area contributed by atoms with Crippen LogP contribution in [0.1, 0.15) is 29.3 Å². The highest BCUT2D eigenvalue weighted by Crippen LogP contribution is 2.23. The summed E-state index contributed by atoms with van der Waals surface area (Å²) in [6.07, 6.45) is 0.933. The Hall–Kier alpha value is -3.27. The van der Waals surface area contributed by atoms with Crippen LogP contribution in [-0.2, 0) is 6.61 Å². The molecule has 0 atom stereocenters. The lowest BCUT2D eigenvalue weighted by molar-refractivity contribution is 0.102. The number of benzene rings is 3. The molecule has 4 nitrogen and oxygen atoms in total. The Balaban J connectivity index is 1.70. The molecule has 0 radical (unpaired) electrons. The number of nitrogens with one attached hydrogen (secondary N) is 1. The Labute approximate surface area is 159 Å². The van der Waals surface area contributed by atoms with Gasteiger partial charge in [0.05, 0.1) is 12.2 Å². The predicted octanol–water partition coefficient (Wildman–Crippen LogP) is 5.31. The van der Waals surface area contributed by atoms with Crippen molar-refractivity contribution in [2.45, 2.75) is 20.0 Å². The van der Waals surface area contributed by atoms with Crippen LogP contribution >= 0.6 is 0 Å².